The number of sulfone groups is 1. The van der Waals surface area contributed by atoms with E-state index in [2.05, 4.69) is 11.2 Å². The molecule has 0 unspecified atom stereocenters. The van der Waals surface area contributed by atoms with Gasteiger partial charge in [0.1, 0.15) is 5.75 Å². The standard InChI is InChI=1S/C16H20N2O4S/c1-3-8-18(14-7-9-23(20,21)12-14)11-16(19)17-13-5-4-6-15(10-13)22-2/h1,4-6,10,14H,7-9,11-12H2,2H3,(H,17,19)/t14-/m1/s1. The van der Waals surface area contributed by atoms with Crippen LogP contribution in [0, 0.1) is 12.3 Å². The molecule has 124 valence electrons. The van der Waals surface area contributed by atoms with E-state index in [1.165, 1.54) is 0 Å². The zero-order chi connectivity index (χ0) is 16.9. The van der Waals surface area contributed by atoms with Crippen LogP contribution in [0.15, 0.2) is 24.3 Å². The second-order valence-electron chi connectivity index (χ2n) is 5.45. The van der Waals surface area contributed by atoms with Crippen LogP contribution in [0.5, 0.6) is 5.75 Å². The van der Waals surface area contributed by atoms with Crippen molar-refractivity contribution in [2.24, 2.45) is 0 Å². The van der Waals surface area contributed by atoms with E-state index in [-0.39, 0.29) is 36.5 Å². The van der Waals surface area contributed by atoms with Crippen molar-refractivity contribution in [3.63, 3.8) is 0 Å². The molecule has 1 atom stereocenters. The van der Waals surface area contributed by atoms with E-state index in [1.807, 2.05) is 0 Å². The third-order valence-electron chi connectivity index (χ3n) is 3.72. The molecule has 1 aromatic rings. The lowest BCUT2D eigenvalue weighted by atomic mass is 10.2. The van der Waals surface area contributed by atoms with E-state index < -0.39 is 9.84 Å². The zero-order valence-corrected chi connectivity index (χ0v) is 13.8. The fraction of sp³-hybridized carbons (Fsp3) is 0.438. The summed E-state index contributed by atoms with van der Waals surface area (Å²) in [4.78, 5) is 13.9. The molecule has 0 saturated carbocycles. The van der Waals surface area contributed by atoms with Gasteiger partial charge in [-0.05, 0) is 18.6 Å². The number of carbonyl (C=O) groups is 1. The third-order valence-corrected chi connectivity index (χ3v) is 5.47. The minimum Gasteiger partial charge on any atom is -0.497 e. The molecule has 1 amide bonds. The van der Waals surface area contributed by atoms with Crippen molar-refractivity contribution < 1.29 is 17.9 Å². The topological polar surface area (TPSA) is 75.7 Å². The summed E-state index contributed by atoms with van der Waals surface area (Å²) in [6.07, 6.45) is 5.85. The Hall–Kier alpha value is -2.04. The van der Waals surface area contributed by atoms with Crippen molar-refractivity contribution in [3.8, 4) is 18.1 Å². The van der Waals surface area contributed by atoms with Gasteiger partial charge in [-0.1, -0.05) is 12.0 Å². The summed E-state index contributed by atoms with van der Waals surface area (Å²) in [5, 5.41) is 2.77. The molecule has 0 bridgehead atoms. The SMILES string of the molecule is C#CCN(CC(=O)Nc1cccc(OC)c1)[C@@H]1CCS(=O)(=O)C1. The van der Waals surface area contributed by atoms with E-state index in [0.29, 0.717) is 17.9 Å². The second kappa shape index (κ2) is 7.49. The average Bonchev–Trinajstić information content (AvgIpc) is 2.87. The maximum Gasteiger partial charge on any atom is 0.238 e. The van der Waals surface area contributed by atoms with Gasteiger partial charge >= 0.3 is 0 Å². The molecule has 0 radical (unpaired) electrons. The number of carbonyl (C=O) groups excluding carboxylic acids is 1. The van der Waals surface area contributed by atoms with Crippen molar-refractivity contribution in [2.75, 3.05) is 37.0 Å². The van der Waals surface area contributed by atoms with E-state index in [1.54, 1.807) is 36.3 Å². The molecular formula is C16H20N2O4S. The number of hydrogen-bond acceptors (Lipinski definition) is 5. The first-order valence-electron chi connectivity index (χ1n) is 7.25. The molecule has 1 saturated heterocycles. The van der Waals surface area contributed by atoms with Gasteiger partial charge in [0, 0.05) is 17.8 Å². The van der Waals surface area contributed by atoms with Crippen LogP contribution in [0.2, 0.25) is 0 Å². The quantitative estimate of drug-likeness (QED) is 0.776. The minimum atomic E-state index is -3.02. The largest absolute Gasteiger partial charge is 0.497 e. The van der Waals surface area contributed by atoms with E-state index in [9.17, 15) is 13.2 Å². The normalized spacial score (nSPS) is 19.3. The highest BCUT2D eigenvalue weighted by molar-refractivity contribution is 7.91. The van der Waals surface area contributed by atoms with E-state index >= 15 is 0 Å². The van der Waals surface area contributed by atoms with Crippen LogP contribution < -0.4 is 10.1 Å². The van der Waals surface area contributed by atoms with Crippen LogP contribution in [0.25, 0.3) is 0 Å². The number of terminal acetylenes is 1. The summed E-state index contributed by atoms with van der Waals surface area (Å²) in [6.45, 7) is 0.299. The van der Waals surface area contributed by atoms with Crippen molar-refractivity contribution in [1.29, 1.82) is 0 Å². The molecule has 23 heavy (non-hydrogen) atoms. The van der Waals surface area contributed by atoms with Crippen molar-refractivity contribution in [3.05, 3.63) is 24.3 Å². The smallest absolute Gasteiger partial charge is 0.238 e. The van der Waals surface area contributed by atoms with Crippen molar-refractivity contribution in [2.45, 2.75) is 12.5 Å². The van der Waals surface area contributed by atoms with E-state index in [4.69, 9.17) is 11.2 Å². The number of benzene rings is 1. The lowest BCUT2D eigenvalue weighted by Crippen LogP contribution is -2.41. The third kappa shape index (κ3) is 4.98. The number of hydrogen-bond donors (Lipinski definition) is 1. The van der Waals surface area contributed by atoms with Gasteiger partial charge in [-0.25, -0.2) is 8.42 Å². The fourth-order valence-electron chi connectivity index (χ4n) is 2.58. The molecule has 1 N–H and O–H groups in total. The van der Waals surface area contributed by atoms with Crippen molar-refractivity contribution in [1.82, 2.24) is 4.90 Å². The molecule has 1 fully saturated rings. The number of rotatable bonds is 6. The fourth-order valence-corrected chi connectivity index (χ4v) is 4.34. The molecule has 1 aliphatic heterocycles. The van der Waals surface area contributed by atoms with Crippen LogP contribution in [0.4, 0.5) is 5.69 Å². The number of ether oxygens (including phenoxy) is 1. The highest BCUT2D eigenvalue weighted by Gasteiger charge is 2.32. The summed E-state index contributed by atoms with van der Waals surface area (Å²) >= 11 is 0. The van der Waals surface area contributed by atoms with Crippen LogP contribution in [0.3, 0.4) is 0 Å². The molecule has 0 spiro atoms. The number of nitrogens with zero attached hydrogens (tertiary/aromatic N) is 1. The molecule has 1 heterocycles. The summed E-state index contributed by atoms with van der Waals surface area (Å²) in [7, 11) is -1.47. The van der Waals surface area contributed by atoms with Gasteiger partial charge in [0.25, 0.3) is 0 Å². The molecule has 2 rings (SSSR count). The molecule has 1 aromatic carbocycles. The molecule has 7 heteroatoms. The number of amides is 1. The predicted molar refractivity (Wildman–Crippen MR) is 89.1 cm³/mol. The monoisotopic (exact) mass is 336 g/mol. The Bertz CT molecular complexity index is 709. The van der Waals surface area contributed by atoms with Crippen molar-refractivity contribution >= 4 is 21.4 Å². The number of nitrogens with one attached hydrogen (secondary N) is 1. The molecule has 0 aliphatic carbocycles. The maximum atomic E-state index is 12.2. The minimum absolute atomic E-state index is 0.0567. The van der Waals surface area contributed by atoms with Crippen LogP contribution in [-0.4, -0.2) is 57.0 Å². The Balaban J connectivity index is 1.99. The predicted octanol–water partition coefficient (Wildman–Crippen LogP) is 0.756. The lowest BCUT2D eigenvalue weighted by molar-refractivity contribution is -0.117. The number of anilines is 1. The van der Waals surface area contributed by atoms with Crippen LogP contribution >= 0.6 is 0 Å². The average molecular weight is 336 g/mol. The molecule has 6 nitrogen and oxygen atoms in total. The first kappa shape index (κ1) is 17.3. The Kier molecular flexibility index (Phi) is 5.64. The van der Waals surface area contributed by atoms with Gasteiger partial charge in [0.05, 0.1) is 31.7 Å². The van der Waals surface area contributed by atoms with Gasteiger partial charge in [0.2, 0.25) is 5.91 Å². The van der Waals surface area contributed by atoms with Gasteiger partial charge in [0.15, 0.2) is 9.84 Å². The van der Waals surface area contributed by atoms with Gasteiger partial charge in [-0.2, -0.15) is 0 Å². The molecule has 1 aliphatic rings. The Labute approximate surface area is 136 Å². The van der Waals surface area contributed by atoms with Crippen LogP contribution in [-0.2, 0) is 14.6 Å². The summed E-state index contributed by atoms with van der Waals surface area (Å²) in [6, 6.07) is 6.82. The highest BCUT2D eigenvalue weighted by Crippen LogP contribution is 2.19. The Morgan fingerprint density at radius 1 is 1.52 bits per heavy atom. The van der Waals surface area contributed by atoms with Gasteiger partial charge in [-0.15, -0.1) is 6.42 Å². The highest BCUT2D eigenvalue weighted by atomic mass is 32.2. The Morgan fingerprint density at radius 2 is 2.30 bits per heavy atom. The molecule has 0 aromatic heterocycles. The molecular weight excluding hydrogens is 316 g/mol. The lowest BCUT2D eigenvalue weighted by Gasteiger charge is -2.25. The second-order valence-corrected chi connectivity index (χ2v) is 7.67. The van der Waals surface area contributed by atoms with Crippen LogP contribution in [0.1, 0.15) is 6.42 Å². The van der Waals surface area contributed by atoms with E-state index in [0.717, 1.165) is 0 Å². The first-order chi connectivity index (χ1) is 10.9. The maximum absolute atomic E-state index is 12.2. The summed E-state index contributed by atoms with van der Waals surface area (Å²) < 4.78 is 28.3. The zero-order valence-electron chi connectivity index (χ0n) is 13.0. The summed E-state index contributed by atoms with van der Waals surface area (Å²) in [5.74, 6) is 3.10. The Morgan fingerprint density at radius 3 is 2.91 bits per heavy atom. The summed E-state index contributed by atoms with van der Waals surface area (Å²) in [5.41, 5.74) is 0.619. The van der Waals surface area contributed by atoms with Gasteiger partial charge in [-0.3, -0.25) is 9.69 Å². The number of methoxy groups -OCH3 is 1. The van der Waals surface area contributed by atoms with Gasteiger partial charge < -0.3 is 10.1 Å². The first-order valence-corrected chi connectivity index (χ1v) is 9.07.